The van der Waals surface area contributed by atoms with Crippen molar-refractivity contribution in [2.45, 2.75) is 11.3 Å². The lowest BCUT2D eigenvalue weighted by Gasteiger charge is -2.31. The zero-order valence-corrected chi connectivity index (χ0v) is 13.5. The molecule has 1 aromatic rings. The smallest absolute Gasteiger partial charge is 0.242 e. The van der Waals surface area contributed by atoms with Crippen LogP contribution in [0.1, 0.15) is 6.42 Å². The van der Waals surface area contributed by atoms with Gasteiger partial charge >= 0.3 is 0 Å². The third-order valence-electron chi connectivity index (χ3n) is 3.06. The van der Waals surface area contributed by atoms with Crippen LogP contribution < -0.4 is 10.5 Å². The summed E-state index contributed by atoms with van der Waals surface area (Å²) in [6, 6.07) is 4.46. The van der Waals surface area contributed by atoms with Crippen molar-refractivity contribution >= 4 is 39.2 Å². The zero-order valence-electron chi connectivity index (χ0n) is 11.2. The van der Waals surface area contributed by atoms with E-state index in [4.69, 9.17) is 28.9 Å². The molecule has 0 aromatic heterocycles. The Hall–Kier alpha value is -1.02. The van der Waals surface area contributed by atoms with Crippen LogP contribution >= 0.6 is 23.2 Å². The maximum absolute atomic E-state index is 12.1. The number of aliphatic imine (C=N–C) groups is 1. The van der Waals surface area contributed by atoms with E-state index in [1.165, 1.54) is 18.2 Å². The summed E-state index contributed by atoms with van der Waals surface area (Å²) in [5, 5.41) is 0.204. The molecular weight excluding hydrogens is 335 g/mol. The molecule has 9 heteroatoms. The second-order valence-electron chi connectivity index (χ2n) is 4.53. The number of nitrogens with one attached hydrogen (secondary N) is 1. The maximum atomic E-state index is 12.1. The molecule has 6 nitrogen and oxygen atoms in total. The van der Waals surface area contributed by atoms with Crippen LogP contribution in [0.5, 0.6) is 0 Å². The Labute approximate surface area is 134 Å². The number of likely N-dealkylation sites (tertiary alicyclic amines) is 1. The molecule has 0 atom stereocenters. The highest BCUT2D eigenvalue weighted by atomic mass is 35.5. The van der Waals surface area contributed by atoms with E-state index >= 15 is 0 Å². The second kappa shape index (κ2) is 6.83. The Bertz CT molecular complexity index is 645. The molecule has 0 saturated carbocycles. The summed E-state index contributed by atoms with van der Waals surface area (Å²) in [6.45, 7) is 2.21. The fraction of sp³-hybridized carbons (Fsp3) is 0.417. The van der Waals surface area contributed by atoms with Crippen molar-refractivity contribution in [2.24, 2.45) is 10.7 Å². The van der Waals surface area contributed by atoms with Crippen LogP contribution in [0.2, 0.25) is 10.0 Å². The number of halogens is 2. The quantitative estimate of drug-likeness (QED) is 0.475. The van der Waals surface area contributed by atoms with Crippen molar-refractivity contribution in [2.75, 3.05) is 26.2 Å². The van der Waals surface area contributed by atoms with Crippen molar-refractivity contribution in [1.29, 1.82) is 0 Å². The van der Waals surface area contributed by atoms with E-state index < -0.39 is 10.0 Å². The molecule has 0 amide bonds. The molecule has 21 heavy (non-hydrogen) atoms. The van der Waals surface area contributed by atoms with Gasteiger partial charge in [-0.15, -0.1) is 0 Å². The van der Waals surface area contributed by atoms with Gasteiger partial charge in [-0.2, -0.15) is 0 Å². The fourth-order valence-electron chi connectivity index (χ4n) is 1.77. The fourth-order valence-corrected chi connectivity index (χ4v) is 3.55. The van der Waals surface area contributed by atoms with E-state index in [1.54, 1.807) is 0 Å². The number of sulfonamides is 1. The van der Waals surface area contributed by atoms with E-state index in [1.807, 2.05) is 4.90 Å². The number of benzene rings is 1. The summed E-state index contributed by atoms with van der Waals surface area (Å²) >= 11 is 11.7. The molecular formula is C12H16Cl2N4O2S. The van der Waals surface area contributed by atoms with Crippen LogP contribution in [-0.2, 0) is 10.0 Å². The largest absolute Gasteiger partial charge is 0.370 e. The lowest BCUT2D eigenvalue weighted by molar-refractivity contribution is 0.296. The molecule has 1 aromatic carbocycles. The average molecular weight is 351 g/mol. The van der Waals surface area contributed by atoms with E-state index in [9.17, 15) is 8.42 Å². The summed E-state index contributed by atoms with van der Waals surface area (Å²) in [6.07, 6.45) is 1.11. The highest BCUT2D eigenvalue weighted by molar-refractivity contribution is 7.89. The summed E-state index contributed by atoms with van der Waals surface area (Å²) in [5.41, 5.74) is 5.74. The number of guanidine groups is 1. The molecule has 0 radical (unpaired) electrons. The minimum atomic E-state index is -3.71. The van der Waals surface area contributed by atoms with Crippen molar-refractivity contribution in [1.82, 2.24) is 9.62 Å². The van der Waals surface area contributed by atoms with Crippen molar-refractivity contribution in [3.05, 3.63) is 28.2 Å². The van der Waals surface area contributed by atoms with Gasteiger partial charge in [-0.1, -0.05) is 29.3 Å². The number of nitrogens with zero attached hydrogens (tertiary/aromatic N) is 2. The summed E-state index contributed by atoms with van der Waals surface area (Å²) in [7, 11) is -3.71. The monoisotopic (exact) mass is 350 g/mol. The summed E-state index contributed by atoms with van der Waals surface area (Å²) in [5.74, 6) is 0.446. The normalized spacial score (nSPS) is 15.9. The van der Waals surface area contributed by atoms with Crippen LogP contribution in [0.4, 0.5) is 0 Å². The Kier molecular flexibility index (Phi) is 5.32. The molecule has 0 spiro atoms. The standard InChI is InChI=1S/C12H16Cl2N4O2S/c13-9-3-1-4-10(11(9)14)21(19,20)17-6-5-16-12(15)18-7-2-8-18/h1,3-4,17H,2,5-8H2,(H2,15,16). The first-order chi connectivity index (χ1) is 9.92. The predicted octanol–water partition coefficient (Wildman–Crippen LogP) is 1.29. The number of nitrogens with two attached hydrogens (primary N) is 1. The van der Waals surface area contributed by atoms with Gasteiger partial charge in [-0.05, 0) is 18.6 Å². The van der Waals surface area contributed by atoms with Gasteiger partial charge in [-0.3, -0.25) is 4.99 Å². The van der Waals surface area contributed by atoms with Crippen molar-refractivity contribution in [3.63, 3.8) is 0 Å². The molecule has 1 aliphatic heterocycles. The Morgan fingerprint density at radius 2 is 2.10 bits per heavy atom. The van der Waals surface area contributed by atoms with E-state index in [2.05, 4.69) is 9.71 Å². The molecule has 0 unspecified atom stereocenters. The number of hydrogen-bond acceptors (Lipinski definition) is 3. The van der Waals surface area contributed by atoms with Crippen molar-refractivity contribution in [3.8, 4) is 0 Å². The molecule has 116 valence electrons. The molecule has 0 aliphatic carbocycles. The summed E-state index contributed by atoms with van der Waals surface area (Å²) in [4.78, 5) is 6.01. The second-order valence-corrected chi connectivity index (χ2v) is 7.05. The van der Waals surface area contributed by atoms with Crippen LogP contribution in [-0.4, -0.2) is 45.5 Å². The first-order valence-corrected chi connectivity index (χ1v) is 8.64. The summed E-state index contributed by atoms with van der Waals surface area (Å²) < 4.78 is 26.6. The average Bonchev–Trinajstić information content (AvgIpc) is 2.35. The lowest BCUT2D eigenvalue weighted by Crippen LogP contribution is -2.46. The van der Waals surface area contributed by atoms with Gasteiger partial charge in [0.2, 0.25) is 10.0 Å². The molecule has 1 aliphatic rings. The zero-order chi connectivity index (χ0) is 15.5. The molecule has 0 bridgehead atoms. The van der Waals surface area contributed by atoms with E-state index in [0.29, 0.717) is 5.96 Å². The topological polar surface area (TPSA) is 87.8 Å². The minimum absolute atomic E-state index is 0.00950. The minimum Gasteiger partial charge on any atom is -0.370 e. The Morgan fingerprint density at radius 3 is 2.71 bits per heavy atom. The van der Waals surface area contributed by atoms with Gasteiger partial charge in [0, 0.05) is 19.6 Å². The van der Waals surface area contributed by atoms with Gasteiger partial charge in [0.1, 0.15) is 4.90 Å². The van der Waals surface area contributed by atoms with Gasteiger partial charge in [0.05, 0.1) is 16.6 Å². The van der Waals surface area contributed by atoms with Gasteiger partial charge < -0.3 is 10.6 Å². The SMILES string of the molecule is NC(=NCCNS(=O)(=O)c1cccc(Cl)c1Cl)N1CCC1. The number of rotatable bonds is 5. The predicted molar refractivity (Wildman–Crippen MR) is 84.3 cm³/mol. The Balaban J connectivity index is 1.94. The first kappa shape index (κ1) is 16.4. The van der Waals surface area contributed by atoms with Gasteiger partial charge in [0.25, 0.3) is 0 Å². The molecule has 1 heterocycles. The number of hydrogen-bond donors (Lipinski definition) is 2. The van der Waals surface area contributed by atoms with E-state index in [-0.39, 0.29) is 28.0 Å². The highest BCUT2D eigenvalue weighted by Crippen LogP contribution is 2.28. The van der Waals surface area contributed by atoms with Gasteiger partial charge in [0.15, 0.2) is 5.96 Å². The molecule has 3 N–H and O–H groups in total. The van der Waals surface area contributed by atoms with Gasteiger partial charge in [-0.25, -0.2) is 13.1 Å². The van der Waals surface area contributed by atoms with Crippen molar-refractivity contribution < 1.29 is 8.42 Å². The highest BCUT2D eigenvalue weighted by Gasteiger charge is 2.19. The third kappa shape index (κ3) is 4.00. The molecule has 1 fully saturated rings. The Morgan fingerprint density at radius 1 is 1.38 bits per heavy atom. The third-order valence-corrected chi connectivity index (χ3v) is 5.50. The van der Waals surface area contributed by atoms with Crippen LogP contribution in [0.25, 0.3) is 0 Å². The molecule has 2 rings (SSSR count). The van der Waals surface area contributed by atoms with Crippen LogP contribution in [0.15, 0.2) is 28.1 Å². The first-order valence-electron chi connectivity index (χ1n) is 6.40. The lowest BCUT2D eigenvalue weighted by atomic mass is 10.2. The maximum Gasteiger partial charge on any atom is 0.242 e. The van der Waals surface area contributed by atoms with E-state index in [0.717, 1.165) is 19.5 Å². The van der Waals surface area contributed by atoms with Crippen LogP contribution in [0.3, 0.4) is 0 Å². The molecule has 1 saturated heterocycles. The van der Waals surface area contributed by atoms with Crippen LogP contribution in [0, 0.1) is 0 Å².